The van der Waals surface area contributed by atoms with Gasteiger partial charge in [0.05, 0.1) is 17.5 Å². The number of carbonyl (C=O) groups excluding carboxylic acids is 2. The SMILES string of the molecule is O=C1CC[C@H](CNC(=O)c2cn[nH]c2-c2cccc(Cl)c2)N1. The van der Waals surface area contributed by atoms with Crippen molar-refractivity contribution in [1.29, 1.82) is 0 Å². The van der Waals surface area contributed by atoms with Crippen LogP contribution in [0.4, 0.5) is 0 Å². The van der Waals surface area contributed by atoms with Gasteiger partial charge in [-0.25, -0.2) is 0 Å². The molecule has 1 aromatic heterocycles. The fourth-order valence-corrected chi connectivity index (χ4v) is 2.65. The monoisotopic (exact) mass is 318 g/mol. The molecule has 114 valence electrons. The van der Waals surface area contributed by atoms with E-state index < -0.39 is 0 Å². The highest BCUT2D eigenvalue weighted by Gasteiger charge is 2.22. The Morgan fingerprint density at radius 2 is 2.32 bits per heavy atom. The molecule has 2 amide bonds. The number of halogens is 1. The normalized spacial score (nSPS) is 17.3. The molecule has 2 aromatic rings. The van der Waals surface area contributed by atoms with Crippen LogP contribution in [-0.2, 0) is 4.79 Å². The zero-order chi connectivity index (χ0) is 15.5. The molecule has 1 aliphatic rings. The van der Waals surface area contributed by atoms with E-state index in [1.54, 1.807) is 12.1 Å². The number of H-pyrrole nitrogens is 1. The Morgan fingerprint density at radius 1 is 1.45 bits per heavy atom. The summed E-state index contributed by atoms with van der Waals surface area (Å²) in [6.07, 6.45) is 2.74. The molecule has 7 heteroatoms. The Morgan fingerprint density at radius 3 is 3.05 bits per heavy atom. The van der Waals surface area contributed by atoms with Crippen LogP contribution < -0.4 is 10.6 Å². The van der Waals surface area contributed by atoms with E-state index in [4.69, 9.17) is 11.6 Å². The van der Waals surface area contributed by atoms with Crippen LogP contribution in [0.2, 0.25) is 5.02 Å². The van der Waals surface area contributed by atoms with Gasteiger partial charge >= 0.3 is 0 Å². The van der Waals surface area contributed by atoms with E-state index >= 15 is 0 Å². The standard InChI is InChI=1S/C15H15ClN4O2/c16-10-3-1-2-9(6-10)14-12(8-18-20-14)15(22)17-7-11-4-5-13(21)19-11/h1-3,6,8,11H,4-5,7H2,(H,17,22)(H,18,20)(H,19,21)/t11-/m1/s1. The average molecular weight is 319 g/mol. The molecular formula is C15H15ClN4O2. The Balaban J connectivity index is 1.71. The lowest BCUT2D eigenvalue weighted by atomic mass is 10.1. The van der Waals surface area contributed by atoms with Gasteiger partial charge in [-0.05, 0) is 18.6 Å². The van der Waals surface area contributed by atoms with Crippen molar-refractivity contribution < 1.29 is 9.59 Å². The molecule has 0 saturated carbocycles. The lowest BCUT2D eigenvalue weighted by Crippen LogP contribution is -2.38. The smallest absolute Gasteiger partial charge is 0.255 e. The highest BCUT2D eigenvalue weighted by atomic mass is 35.5. The molecule has 3 rings (SSSR count). The number of aromatic amines is 1. The molecule has 0 spiro atoms. The van der Waals surface area contributed by atoms with Crippen LogP contribution >= 0.6 is 11.6 Å². The molecule has 0 aliphatic carbocycles. The highest BCUT2D eigenvalue weighted by molar-refractivity contribution is 6.30. The molecule has 1 atom stereocenters. The molecule has 1 saturated heterocycles. The van der Waals surface area contributed by atoms with Crippen molar-refractivity contribution in [2.75, 3.05) is 6.54 Å². The number of aromatic nitrogens is 2. The summed E-state index contributed by atoms with van der Waals surface area (Å²) < 4.78 is 0. The fourth-order valence-electron chi connectivity index (χ4n) is 2.46. The first-order valence-corrected chi connectivity index (χ1v) is 7.38. The predicted octanol–water partition coefficient (Wildman–Crippen LogP) is 1.74. The van der Waals surface area contributed by atoms with E-state index in [-0.39, 0.29) is 17.9 Å². The predicted molar refractivity (Wildman–Crippen MR) is 82.5 cm³/mol. The van der Waals surface area contributed by atoms with Crippen LogP contribution in [-0.4, -0.2) is 34.6 Å². The van der Waals surface area contributed by atoms with Crippen LogP contribution in [0.5, 0.6) is 0 Å². The van der Waals surface area contributed by atoms with Crippen molar-refractivity contribution in [1.82, 2.24) is 20.8 Å². The minimum Gasteiger partial charge on any atom is -0.352 e. The topological polar surface area (TPSA) is 86.9 Å². The number of nitrogens with one attached hydrogen (secondary N) is 3. The molecule has 6 nitrogen and oxygen atoms in total. The molecule has 1 fully saturated rings. The third kappa shape index (κ3) is 3.12. The second-order valence-electron chi connectivity index (χ2n) is 5.18. The lowest BCUT2D eigenvalue weighted by Gasteiger charge is -2.11. The summed E-state index contributed by atoms with van der Waals surface area (Å²) in [5.74, 6) is -0.202. The van der Waals surface area contributed by atoms with E-state index in [0.717, 1.165) is 12.0 Å². The van der Waals surface area contributed by atoms with Crippen molar-refractivity contribution in [3.63, 3.8) is 0 Å². The van der Waals surface area contributed by atoms with Crippen molar-refractivity contribution in [3.05, 3.63) is 41.0 Å². The fraction of sp³-hybridized carbons (Fsp3) is 0.267. The molecular weight excluding hydrogens is 304 g/mol. The first-order valence-electron chi connectivity index (χ1n) is 7.00. The summed E-state index contributed by atoms with van der Waals surface area (Å²) in [7, 11) is 0. The summed E-state index contributed by atoms with van der Waals surface area (Å²) >= 11 is 5.98. The van der Waals surface area contributed by atoms with Gasteiger partial charge in [0.1, 0.15) is 0 Å². The van der Waals surface area contributed by atoms with Crippen molar-refractivity contribution in [2.24, 2.45) is 0 Å². The second kappa shape index (κ2) is 6.19. The molecule has 22 heavy (non-hydrogen) atoms. The van der Waals surface area contributed by atoms with Crippen LogP contribution in [0.1, 0.15) is 23.2 Å². The zero-order valence-corrected chi connectivity index (χ0v) is 12.5. The average Bonchev–Trinajstić information content (AvgIpc) is 3.13. The number of rotatable bonds is 4. The second-order valence-corrected chi connectivity index (χ2v) is 5.62. The van der Waals surface area contributed by atoms with Crippen LogP contribution in [0.15, 0.2) is 30.5 Å². The minimum atomic E-state index is -0.232. The van der Waals surface area contributed by atoms with E-state index in [9.17, 15) is 9.59 Å². The largest absolute Gasteiger partial charge is 0.352 e. The maximum Gasteiger partial charge on any atom is 0.255 e. The van der Waals surface area contributed by atoms with E-state index in [2.05, 4.69) is 20.8 Å². The number of hydrogen-bond donors (Lipinski definition) is 3. The van der Waals surface area contributed by atoms with Crippen LogP contribution in [0.3, 0.4) is 0 Å². The third-order valence-electron chi connectivity index (χ3n) is 3.59. The lowest BCUT2D eigenvalue weighted by molar-refractivity contribution is -0.119. The van der Waals surface area contributed by atoms with Crippen molar-refractivity contribution in [2.45, 2.75) is 18.9 Å². The van der Waals surface area contributed by atoms with Gasteiger partial charge in [-0.15, -0.1) is 0 Å². The Hall–Kier alpha value is -2.34. The third-order valence-corrected chi connectivity index (χ3v) is 3.83. The van der Waals surface area contributed by atoms with Crippen molar-refractivity contribution >= 4 is 23.4 Å². The maximum absolute atomic E-state index is 12.3. The van der Waals surface area contributed by atoms with Gasteiger partial charge in [0.15, 0.2) is 0 Å². The summed E-state index contributed by atoms with van der Waals surface area (Å²) in [6.45, 7) is 0.407. The van der Waals surface area contributed by atoms with Crippen molar-refractivity contribution in [3.8, 4) is 11.3 Å². The molecule has 1 aliphatic heterocycles. The van der Waals surface area contributed by atoms with Crippen LogP contribution in [0.25, 0.3) is 11.3 Å². The Labute approximate surface area is 132 Å². The molecule has 3 N–H and O–H groups in total. The van der Waals surface area contributed by atoms with E-state index in [1.165, 1.54) is 6.20 Å². The first kappa shape index (κ1) is 14.6. The van der Waals surface area contributed by atoms with Gasteiger partial charge in [-0.1, -0.05) is 23.7 Å². The van der Waals surface area contributed by atoms with E-state index in [0.29, 0.717) is 29.2 Å². The molecule has 0 bridgehead atoms. The quantitative estimate of drug-likeness (QED) is 0.802. The minimum absolute atomic E-state index is 0.00188. The van der Waals surface area contributed by atoms with Gasteiger partial charge in [0.25, 0.3) is 5.91 Å². The number of nitrogens with zero attached hydrogens (tertiary/aromatic N) is 1. The highest BCUT2D eigenvalue weighted by Crippen LogP contribution is 2.23. The van der Waals surface area contributed by atoms with Gasteiger partial charge in [-0.3, -0.25) is 14.7 Å². The molecule has 0 radical (unpaired) electrons. The summed E-state index contributed by atoms with van der Waals surface area (Å²) in [5, 5.41) is 13.0. The number of hydrogen-bond acceptors (Lipinski definition) is 3. The first-order chi connectivity index (χ1) is 10.6. The van der Waals surface area contributed by atoms with Gasteiger partial charge < -0.3 is 10.6 Å². The zero-order valence-electron chi connectivity index (χ0n) is 11.7. The summed E-state index contributed by atoms with van der Waals surface area (Å²) in [6, 6.07) is 7.20. The maximum atomic E-state index is 12.3. The number of benzene rings is 1. The molecule has 2 heterocycles. The van der Waals surface area contributed by atoms with Gasteiger partial charge in [0, 0.05) is 29.6 Å². The van der Waals surface area contributed by atoms with Gasteiger partial charge in [-0.2, -0.15) is 5.10 Å². The van der Waals surface area contributed by atoms with E-state index in [1.807, 2.05) is 12.1 Å². The van der Waals surface area contributed by atoms with Crippen LogP contribution in [0, 0.1) is 0 Å². The Bertz CT molecular complexity index is 713. The Kier molecular flexibility index (Phi) is 4.11. The number of carbonyl (C=O) groups is 2. The summed E-state index contributed by atoms with van der Waals surface area (Å²) in [5.41, 5.74) is 1.87. The molecule has 1 aromatic carbocycles. The van der Waals surface area contributed by atoms with Gasteiger partial charge in [0.2, 0.25) is 5.91 Å². The molecule has 0 unspecified atom stereocenters. The number of amides is 2. The summed E-state index contributed by atoms with van der Waals surface area (Å²) in [4.78, 5) is 23.5.